The Morgan fingerprint density at radius 3 is 2.52 bits per heavy atom. The first-order chi connectivity index (χ1) is 16.1. The second-order valence-electron chi connectivity index (χ2n) is 8.66. The van der Waals surface area contributed by atoms with E-state index < -0.39 is 11.7 Å². The number of ether oxygens (including phenoxy) is 3. The van der Waals surface area contributed by atoms with Gasteiger partial charge in [0.1, 0.15) is 5.82 Å². The molecule has 2 aliphatic heterocycles. The molecule has 2 aliphatic rings. The van der Waals surface area contributed by atoms with Crippen LogP contribution in [0.15, 0.2) is 48.8 Å². The summed E-state index contributed by atoms with van der Waals surface area (Å²) in [5.41, 5.74) is 2.73. The molecule has 0 radical (unpaired) electrons. The lowest BCUT2D eigenvalue weighted by Gasteiger charge is -2.45. The number of halogens is 1. The van der Waals surface area contributed by atoms with Gasteiger partial charge in [-0.3, -0.25) is 9.78 Å². The summed E-state index contributed by atoms with van der Waals surface area (Å²) in [5, 5.41) is 0. The standard InChI is InChI=1S/C24H25FN4O4/c1-24(19-12-29(15-30)10-11-31-19)13-32-23(33-14-24)22-27-20(16-2-4-18(25)5-3-16)21(28-22)17-6-8-26-9-7-17/h2-9,15,19,23H,10-14H2,1H3,(H,27,28). The normalized spacial score (nSPS) is 25.7. The molecule has 1 aromatic carbocycles. The van der Waals surface area contributed by atoms with Crippen molar-refractivity contribution in [2.24, 2.45) is 5.41 Å². The Bertz CT molecular complexity index is 1100. The van der Waals surface area contributed by atoms with Crippen LogP contribution < -0.4 is 0 Å². The average molecular weight is 452 g/mol. The number of carbonyl (C=O) groups is 1. The van der Waals surface area contributed by atoms with Crippen LogP contribution in [-0.4, -0.2) is 65.3 Å². The highest BCUT2D eigenvalue weighted by Crippen LogP contribution is 2.38. The van der Waals surface area contributed by atoms with Gasteiger partial charge >= 0.3 is 0 Å². The summed E-state index contributed by atoms with van der Waals surface area (Å²) in [7, 11) is 0. The van der Waals surface area contributed by atoms with E-state index in [4.69, 9.17) is 19.2 Å². The van der Waals surface area contributed by atoms with Crippen molar-refractivity contribution >= 4 is 6.41 Å². The van der Waals surface area contributed by atoms with Gasteiger partial charge in [-0.05, 0) is 36.4 Å². The zero-order chi connectivity index (χ0) is 22.8. The topological polar surface area (TPSA) is 89.6 Å². The fourth-order valence-corrected chi connectivity index (χ4v) is 4.20. The molecular weight excluding hydrogens is 427 g/mol. The Morgan fingerprint density at radius 2 is 1.82 bits per heavy atom. The zero-order valence-electron chi connectivity index (χ0n) is 18.2. The molecule has 0 saturated carbocycles. The van der Waals surface area contributed by atoms with Crippen molar-refractivity contribution in [1.29, 1.82) is 0 Å². The number of benzene rings is 1. The molecule has 33 heavy (non-hydrogen) atoms. The number of amides is 1. The first kappa shape index (κ1) is 21.7. The maximum atomic E-state index is 13.5. The lowest BCUT2D eigenvalue weighted by atomic mass is 9.84. The number of aromatic nitrogens is 3. The summed E-state index contributed by atoms with van der Waals surface area (Å²) in [6.07, 6.45) is 3.41. The smallest absolute Gasteiger partial charge is 0.217 e. The van der Waals surface area contributed by atoms with Crippen LogP contribution in [-0.2, 0) is 19.0 Å². The molecule has 1 amide bonds. The van der Waals surface area contributed by atoms with E-state index in [2.05, 4.69) is 9.97 Å². The number of morpholine rings is 1. The summed E-state index contributed by atoms with van der Waals surface area (Å²) in [5.74, 6) is 0.221. The largest absolute Gasteiger partial charge is 0.374 e. The van der Waals surface area contributed by atoms with Crippen molar-refractivity contribution < 1.29 is 23.4 Å². The molecule has 2 saturated heterocycles. The van der Waals surface area contributed by atoms with E-state index in [1.165, 1.54) is 12.1 Å². The van der Waals surface area contributed by atoms with E-state index in [1.807, 2.05) is 19.1 Å². The van der Waals surface area contributed by atoms with E-state index in [0.717, 1.165) is 23.2 Å². The third kappa shape index (κ3) is 4.39. The van der Waals surface area contributed by atoms with Crippen LogP contribution in [0.5, 0.6) is 0 Å². The lowest BCUT2D eigenvalue weighted by molar-refractivity contribution is -0.261. The zero-order valence-corrected chi connectivity index (χ0v) is 18.2. The highest BCUT2D eigenvalue weighted by molar-refractivity contribution is 5.78. The Hall–Kier alpha value is -3.14. The van der Waals surface area contributed by atoms with Crippen molar-refractivity contribution in [2.75, 3.05) is 32.9 Å². The van der Waals surface area contributed by atoms with Crippen LogP contribution in [0.1, 0.15) is 19.0 Å². The molecule has 4 heterocycles. The minimum absolute atomic E-state index is 0.170. The number of aromatic amines is 1. The van der Waals surface area contributed by atoms with Crippen molar-refractivity contribution in [1.82, 2.24) is 19.9 Å². The Morgan fingerprint density at radius 1 is 1.09 bits per heavy atom. The van der Waals surface area contributed by atoms with Gasteiger partial charge in [0.05, 0.1) is 37.3 Å². The maximum Gasteiger partial charge on any atom is 0.217 e. The predicted octanol–water partition coefficient (Wildman–Crippen LogP) is 3.19. The van der Waals surface area contributed by atoms with Crippen LogP contribution in [0.2, 0.25) is 0 Å². The molecule has 1 unspecified atom stereocenters. The van der Waals surface area contributed by atoms with Gasteiger partial charge in [0.2, 0.25) is 12.7 Å². The molecule has 172 valence electrons. The van der Waals surface area contributed by atoms with E-state index in [9.17, 15) is 9.18 Å². The van der Waals surface area contributed by atoms with Gasteiger partial charge in [-0.25, -0.2) is 9.37 Å². The number of imidazole rings is 1. The second kappa shape index (κ2) is 9.01. The van der Waals surface area contributed by atoms with Crippen molar-refractivity contribution in [2.45, 2.75) is 19.3 Å². The maximum absolute atomic E-state index is 13.5. The van der Waals surface area contributed by atoms with Crippen molar-refractivity contribution in [3.05, 3.63) is 60.4 Å². The molecule has 2 aromatic heterocycles. The minimum Gasteiger partial charge on any atom is -0.374 e. The number of rotatable bonds is 5. The molecule has 1 N–H and O–H groups in total. The number of pyridine rings is 1. The number of hydrogen-bond acceptors (Lipinski definition) is 6. The predicted molar refractivity (Wildman–Crippen MR) is 117 cm³/mol. The number of hydrogen-bond donors (Lipinski definition) is 1. The average Bonchev–Trinajstić information content (AvgIpc) is 3.31. The van der Waals surface area contributed by atoms with Crippen LogP contribution in [0.25, 0.3) is 22.5 Å². The van der Waals surface area contributed by atoms with Crippen molar-refractivity contribution in [3.63, 3.8) is 0 Å². The van der Waals surface area contributed by atoms with Crippen LogP contribution >= 0.6 is 0 Å². The number of nitrogens with zero attached hydrogens (tertiary/aromatic N) is 3. The van der Waals surface area contributed by atoms with Crippen molar-refractivity contribution in [3.8, 4) is 22.5 Å². The fraction of sp³-hybridized carbons (Fsp3) is 0.375. The third-order valence-electron chi connectivity index (χ3n) is 6.19. The number of nitrogens with one attached hydrogen (secondary N) is 1. The molecule has 1 atom stereocenters. The molecule has 8 nitrogen and oxygen atoms in total. The van der Waals surface area contributed by atoms with Crippen LogP contribution in [0.3, 0.4) is 0 Å². The summed E-state index contributed by atoms with van der Waals surface area (Å²) in [4.78, 5) is 25.1. The first-order valence-electron chi connectivity index (χ1n) is 10.9. The van der Waals surface area contributed by atoms with E-state index in [-0.39, 0.29) is 11.9 Å². The highest BCUT2D eigenvalue weighted by atomic mass is 19.1. The summed E-state index contributed by atoms with van der Waals surface area (Å²) >= 11 is 0. The van der Waals surface area contributed by atoms with Gasteiger partial charge in [0, 0.05) is 42.0 Å². The molecule has 0 spiro atoms. The molecule has 0 aliphatic carbocycles. The Labute approximate surface area is 190 Å². The monoisotopic (exact) mass is 452 g/mol. The highest BCUT2D eigenvalue weighted by Gasteiger charge is 2.43. The van der Waals surface area contributed by atoms with Gasteiger partial charge in [-0.15, -0.1) is 0 Å². The summed E-state index contributed by atoms with van der Waals surface area (Å²) < 4.78 is 31.6. The molecule has 2 fully saturated rings. The lowest BCUT2D eigenvalue weighted by Crippen LogP contribution is -2.54. The molecule has 5 rings (SSSR count). The Balaban J connectivity index is 1.39. The summed E-state index contributed by atoms with van der Waals surface area (Å²) in [6, 6.07) is 9.96. The van der Waals surface area contributed by atoms with E-state index >= 15 is 0 Å². The SMILES string of the molecule is CC1(C2CN(C=O)CCO2)COC(c2nc(-c3ccc(F)cc3)c(-c3ccncc3)[nH]2)OC1. The molecular formula is C24H25FN4O4. The minimum atomic E-state index is -0.682. The van der Waals surface area contributed by atoms with Gasteiger partial charge in [0.25, 0.3) is 0 Å². The van der Waals surface area contributed by atoms with E-state index in [1.54, 1.807) is 29.4 Å². The van der Waals surface area contributed by atoms with E-state index in [0.29, 0.717) is 44.4 Å². The fourth-order valence-electron chi connectivity index (χ4n) is 4.20. The quantitative estimate of drug-likeness (QED) is 0.598. The van der Waals surface area contributed by atoms with Gasteiger partial charge in [0.15, 0.2) is 5.82 Å². The van der Waals surface area contributed by atoms with Gasteiger partial charge in [-0.2, -0.15) is 0 Å². The molecule has 0 bridgehead atoms. The number of H-pyrrole nitrogens is 1. The first-order valence-corrected chi connectivity index (χ1v) is 10.9. The van der Waals surface area contributed by atoms with Crippen LogP contribution in [0.4, 0.5) is 4.39 Å². The second-order valence-corrected chi connectivity index (χ2v) is 8.66. The Kier molecular flexibility index (Phi) is 5.92. The molecule has 3 aromatic rings. The third-order valence-corrected chi connectivity index (χ3v) is 6.19. The summed E-state index contributed by atoms with van der Waals surface area (Å²) in [6.45, 7) is 4.43. The number of carbonyl (C=O) groups excluding carboxylic acids is 1. The van der Waals surface area contributed by atoms with Gasteiger partial charge in [-0.1, -0.05) is 6.92 Å². The van der Waals surface area contributed by atoms with Gasteiger partial charge < -0.3 is 24.1 Å². The van der Waals surface area contributed by atoms with Crippen LogP contribution in [0, 0.1) is 11.2 Å². The molecule has 9 heteroatoms.